The van der Waals surface area contributed by atoms with Crippen molar-refractivity contribution in [3.05, 3.63) is 65.7 Å². The Morgan fingerprint density at radius 2 is 1.73 bits per heavy atom. The van der Waals surface area contributed by atoms with Crippen LogP contribution < -0.4 is 0 Å². The molecule has 3 heterocycles. The molecular formula is C25H26FN4O6P. The molecule has 4 aromatic rings. The molecule has 0 bridgehead atoms. The zero-order valence-corrected chi connectivity index (χ0v) is 20.7. The maximum atomic E-state index is 13.8. The summed E-state index contributed by atoms with van der Waals surface area (Å²) in [6.45, 7) is 2.05. The minimum atomic E-state index is -4.10. The third kappa shape index (κ3) is 5.03. The van der Waals surface area contributed by atoms with Gasteiger partial charge in [0, 0.05) is 55.9 Å². The average Bonchev–Trinajstić information content (AvgIpc) is 3.19. The van der Waals surface area contributed by atoms with E-state index in [1.165, 1.54) is 22.9 Å². The molecule has 2 aromatic carbocycles. The van der Waals surface area contributed by atoms with Crippen molar-refractivity contribution in [3.8, 4) is 11.6 Å². The Kier molecular flexibility index (Phi) is 6.63. The number of pyridine rings is 1. The monoisotopic (exact) mass is 528 g/mol. The van der Waals surface area contributed by atoms with E-state index in [0.29, 0.717) is 42.5 Å². The van der Waals surface area contributed by atoms with Gasteiger partial charge in [-0.2, -0.15) is 0 Å². The van der Waals surface area contributed by atoms with Crippen molar-refractivity contribution in [2.75, 3.05) is 38.9 Å². The van der Waals surface area contributed by atoms with Crippen LogP contribution in [0.1, 0.15) is 15.9 Å². The summed E-state index contributed by atoms with van der Waals surface area (Å²) in [5.74, 6) is -1.15. The second kappa shape index (κ2) is 9.75. The number of rotatable bonds is 6. The van der Waals surface area contributed by atoms with Crippen LogP contribution in [0, 0.1) is 5.82 Å². The summed E-state index contributed by atoms with van der Waals surface area (Å²) in [5, 5.41) is 22.9. The van der Waals surface area contributed by atoms with Gasteiger partial charge in [0.2, 0.25) is 5.88 Å². The third-order valence-corrected chi connectivity index (χ3v) is 7.49. The first-order valence-electron chi connectivity index (χ1n) is 11.7. The van der Waals surface area contributed by atoms with Gasteiger partial charge in [-0.1, -0.05) is 18.2 Å². The number of carbonyl (C=O) groups excluding carboxylic acids is 1. The van der Waals surface area contributed by atoms with Gasteiger partial charge in [0.25, 0.3) is 5.91 Å². The van der Waals surface area contributed by atoms with E-state index in [0.717, 1.165) is 5.56 Å². The van der Waals surface area contributed by atoms with Crippen LogP contribution in [0.2, 0.25) is 0 Å². The minimum Gasteiger partial charge on any atom is -0.505 e. The highest BCUT2D eigenvalue weighted by Gasteiger charge is 2.29. The molecule has 10 nitrogen and oxygen atoms in total. The fourth-order valence-corrected chi connectivity index (χ4v) is 5.31. The summed E-state index contributed by atoms with van der Waals surface area (Å²) < 4.78 is 26.0. The minimum absolute atomic E-state index is 0.108. The highest BCUT2D eigenvalue weighted by Crippen LogP contribution is 2.43. The molecule has 0 aliphatic carbocycles. The molecule has 0 radical (unpaired) electrons. The quantitative estimate of drug-likeness (QED) is 0.280. The molecule has 2 aromatic heterocycles. The lowest BCUT2D eigenvalue weighted by Gasteiger charge is -2.35. The lowest BCUT2D eigenvalue weighted by Crippen LogP contribution is -2.49. The Bertz CT molecular complexity index is 1530. The van der Waals surface area contributed by atoms with Gasteiger partial charge in [-0.15, -0.1) is 0 Å². The van der Waals surface area contributed by atoms with Crippen LogP contribution in [0.4, 0.5) is 4.39 Å². The number of aromatic hydroxyl groups is 2. The first-order valence-corrected chi connectivity index (χ1v) is 13.5. The van der Waals surface area contributed by atoms with E-state index in [4.69, 9.17) is 9.79 Å². The second-order valence-electron chi connectivity index (χ2n) is 9.14. The number of halogens is 1. The van der Waals surface area contributed by atoms with Crippen molar-refractivity contribution in [2.45, 2.75) is 6.54 Å². The van der Waals surface area contributed by atoms with E-state index >= 15 is 0 Å². The van der Waals surface area contributed by atoms with Crippen LogP contribution in [0.25, 0.3) is 21.7 Å². The summed E-state index contributed by atoms with van der Waals surface area (Å²) in [5.41, 5.74) is 1.21. The van der Waals surface area contributed by atoms with E-state index in [9.17, 15) is 24.0 Å². The highest BCUT2D eigenvalue weighted by molar-refractivity contribution is 7.51. The topological polar surface area (TPSA) is 139 Å². The number of amides is 1. The van der Waals surface area contributed by atoms with Crippen molar-refractivity contribution in [1.82, 2.24) is 19.4 Å². The normalized spacial score (nSPS) is 15.1. The summed E-state index contributed by atoms with van der Waals surface area (Å²) in [6, 6.07) is 9.18. The fraction of sp³-hybridized carbons (Fsp3) is 0.280. The summed E-state index contributed by atoms with van der Waals surface area (Å²) in [7, 11) is -4.10. The number of hydrogen-bond acceptors (Lipinski definition) is 6. The standard InChI is InChI=1S/C25H26FN4O6P/c26-17-5-3-16(4-6-17)14-30-15-19-20(18-2-1-7-27-22(18)23(31)21(19)25(30)33)24(32)29-10-8-28(9-11-29)12-13-37(34,35)36/h1-7,15,31,33H,8-14H2,(H2,34,35,36). The number of piperazine rings is 1. The van der Waals surface area contributed by atoms with Gasteiger partial charge in [-0.05, 0) is 23.8 Å². The zero-order valence-electron chi connectivity index (χ0n) is 19.8. The van der Waals surface area contributed by atoms with Crippen LogP contribution in [-0.2, 0) is 11.1 Å². The number of phenols is 1. The van der Waals surface area contributed by atoms with Gasteiger partial charge in [-0.3, -0.25) is 19.2 Å². The van der Waals surface area contributed by atoms with E-state index in [2.05, 4.69) is 4.98 Å². The van der Waals surface area contributed by atoms with Crippen LogP contribution in [-0.4, -0.2) is 84.1 Å². The number of hydrogen-bond donors (Lipinski definition) is 4. The van der Waals surface area contributed by atoms with E-state index in [1.54, 1.807) is 35.4 Å². The van der Waals surface area contributed by atoms with Crippen molar-refractivity contribution >= 4 is 35.2 Å². The van der Waals surface area contributed by atoms with Crippen molar-refractivity contribution in [3.63, 3.8) is 0 Å². The summed E-state index contributed by atoms with van der Waals surface area (Å²) in [4.78, 5) is 39.9. The molecule has 1 amide bonds. The van der Waals surface area contributed by atoms with Crippen LogP contribution in [0.15, 0.2) is 48.8 Å². The molecule has 1 fully saturated rings. The van der Waals surface area contributed by atoms with Gasteiger partial charge in [0.1, 0.15) is 11.3 Å². The molecule has 0 saturated carbocycles. The van der Waals surface area contributed by atoms with E-state index in [-0.39, 0.29) is 53.5 Å². The van der Waals surface area contributed by atoms with E-state index < -0.39 is 7.60 Å². The zero-order chi connectivity index (χ0) is 26.3. The Morgan fingerprint density at radius 1 is 1.03 bits per heavy atom. The maximum Gasteiger partial charge on any atom is 0.326 e. The van der Waals surface area contributed by atoms with Crippen molar-refractivity contribution < 1.29 is 33.7 Å². The van der Waals surface area contributed by atoms with Gasteiger partial charge in [0.05, 0.1) is 23.7 Å². The second-order valence-corrected chi connectivity index (χ2v) is 10.9. The lowest BCUT2D eigenvalue weighted by atomic mass is 10.00. The lowest BCUT2D eigenvalue weighted by molar-refractivity contribution is 0.0646. The fourth-order valence-electron chi connectivity index (χ4n) is 4.77. The molecule has 0 spiro atoms. The molecule has 5 rings (SSSR count). The Hall–Kier alpha value is -3.50. The molecule has 12 heteroatoms. The van der Waals surface area contributed by atoms with Gasteiger partial charge >= 0.3 is 7.60 Å². The van der Waals surface area contributed by atoms with Crippen LogP contribution in [0.5, 0.6) is 11.6 Å². The number of benzene rings is 2. The molecule has 1 saturated heterocycles. The summed E-state index contributed by atoms with van der Waals surface area (Å²) >= 11 is 0. The molecular weight excluding hydrogens is 502 g/mol. The molecule has 37 heavy (non-hydrogen) atoms. The largest absolute Gasteiger partial charge is 0.505 e. The number of nitrogens with zero attached hydrogens (tertiary/aromatic N) is 4. The number of phenolic OH excluding ortho intramolecular Hbond substituents is 1. The predicted octanol–water partition coefficient (Wildman–Crippen LogP) is 2.72. The Morgan fingerprint density at radius 3 is 2.41 bits per heavy atom. The van der Waals surface area contributed by atoms with Crippen LogP contribution >= 0.6 is 7.60 Å². The van der Waals surface area contributed by atoms with Crippen LogP contribution in [0.3, 0.4) is 0 Å². The Balaban J connectivity index is 1.52. The SMILES string of the molecule is O=C(c1c2cccnc2c(O)c2c(O)n(Cc3ccc(F)cc3)cc12)N1CCN(CCP(=O)(O)O)CC1. The third-order valence-electron chi connectivity index (χ3n) is 6.70. The van der Waals surface area contributed by atoms with Gasteiger partial charge in [0.15, 0.2) is 5.75 Å². The van der Waals surface area contributed by atoms with Gasteiger partial charge < -0.3 is 29.5 Å². The smallest absolute Gasteiger partial charge is 0.326 e. The Labute approximate surface area is 211 Å². The first-order chi connectivity index (χ1) is 17.6. The molecule has 1 aliphatic heterocycles. The van der Waals surface area contributed by atoms with Crippen molar-refractivity contribution in [1.29, 1.82) is 0 Å². The highest BCUT2D eigenvalue weighted by atomic mass is 31.2. The summed E-state index contributed by atoms with van der Waals surface area (Å²) in [6.07, 6.45) is 2.86. The van der Waals surface area contributed by atoms with Gasteiger partial charge in [-0.25, -0.2) is 4.39 Å². The predicted molar refractivity (Wildman–Crippen MR) is 135 cm³/mol. The molecule has 1 aliphatic rings. The number of carbonyl (C=O) groups is 1. The van der Waals surface area contributed by atoms with E-state index in [1.807, 2.05) is 4.90 Å². The molecule has 0 unspecified atom stereocenters. The molecule has 0 atom stereocenters. The molecule has 194 valence electrons. The number of fused-ring (bicyclic) bond motifs is 2. The average molecular weight is 528 g/mol. The van der Waals surface area contributed by atoms with Crippen molar-refractivity contribution in [2.24, 2.45) is 0 Å². The first kappa shape index (κ1) is 25.2. The molecule has 4 N–H and O–H groups in total. The maximum absolute atomic E-state index is 13.8. The number of aromatic nitrogens is 2.